The second-order valence-corrected chi connectivity index (χ2v) is 5.50. The summed E-state index contributed by atoms with van der Waals surface area (Å²) in [7, 11) is 1.33. The Morgan fingerprint density at radius 2 is 2.29 bits per heavy atom. The third-order valence-electron chi connectivity index (χ3n) is 3.31. The molecule has 0 aromatic carbocycles. The average Bonchev–Trinajstić information content (AvgIpc) is 3.14. The topological polar surface area (TPSA) is 72.4 Å². The van der Waals surface area contributed by atoms with Gasteiger partial charge >= 0.3 is 5.97 Å². The number of rotatable bonds is 3. The van der Waals surface area contributed by atoms with Crippen LogP contribution in [0, 0.1) is 5.92 Å². The van der Waals surface area contributed by atoms with Crippen molar-refractivity contribution < 1.29 is 14.3 Å². The number of hydrogen-bond donors (Lipinski definition) is 0. The van der Waals surface area contributed by atoms with E-state index in [9.17, 15) is 9.59 Å². The SMILES string of the molecule is COC(=O)C1CC(=O)N(c2nc(-c3ccccn3)cs2)C1. The Morgan fingerprint density at radius 3 is 3.00 bits per heavy atom. The van der Waals surface area contributed by atoms with Crippen molar-refractivity contribution in [3.63, 3.8) is 0 Å². The van der Waals surface area contributed by atoms with Crippen LogP contribution in [0.4, 0.5) is 5.13 Å². The van der Waals surface area contributed by atoms with Crippen LogP contribution in [0.2, 0.25) is 0 Å². The molecule has 3 heterocycles. The Morgan fingerprint density at radius 1 is 1.43 bits per heavy atom. The van der Waals surface area contributed by atoms with Crippen LogP contribution in [0.3, 0.4) is 0 Å². The molecule has 1 unspecified atom stereocenters. The maximum absolute atomic E-state index is 12.0. The first-order chi connectivity index (χ1) is 10.2. The molecule has 1 aliphatic heterocycles. The number of carbonyl (C=O) groups excluding carboxylic acids is 2. The van der Waals surface area contributed by atoms with Crippen LogP contribution in [0.1, 0.15) is 6.42 Å². The lowest BCUT2D eigenvalue weighted by Crippen LogP contribution is -2.26. The minimum atomic E-state index is -0.412. The summed E-state index contributed by atoms with van der Waals surface area (Å²) in [6.45, 7) is 0.320. The van der Waals surface area contributed by atoms with E-state index in [1.54, 1.807) is 11.1 Å². The maximum Gasteiger partial charge on any atom is 0.311 e. The summed E-state index contributed by atoms with van der Waals surface area (Å²) in [6.07, 6.45) is 1.87. The zero-order valence-electron chi connectivity index (χ0n) is 11.4. The Labute approximate surface area is 125 Å². The molecular formula is C14H13N3O3S. The number of aromatic nitrogens is 2. The van der Waals surface area contributed by atoms with Crippen LogP contribution >= 0.6 is 11.3 Å². The molecule has 21 heavy (non-hydrogen) atoms. The van der Waals surface area contributed by atoms with Gasteiger partial charge in [0.1, 0.15) is 5.69 Å². The molecule has 1 amide bonds. The molecule has 6 nitrogen and oxygen atoms in total. The summed E-state index contributed by atoms with van der Waals surface area (Å²) in [6, 6.07) is 5.58. The normalized spacial score (nSPS) is 18.0. The van der Waals surface area contributed by atoms with Crippen LogP contribution in [0.15, 0.2) is 29.8 Å². The van der Waals surface area contributed by atoms with Crippen molar-refractivity contribution in [1.82, 2.24) is 9.97 Å². The number of hydrogen-bond acceptors (Lipinski definition) is 6. The zero-order valence-corrected chi connectivity index (χ0v) is 12.2. The molecule has 0 N–H and O–H groups in total. The molecule has 2 aromatic rings. The van der Waals surface area contributed by atoms with Crippen LogP contribution in [-0.4, -0.2) is 35.5 Å². The first-order valence-corrected chi connectivity index (χ1v) is 7.32. The highest BCUT2D eigenvalue weighted by atomic mass is 32.1. The highest BCUT2D eigenvalue weighted by Gasteiger charge is 2.37. The number of esters is 1. The standard InChI is InChI=1S/C14H13N3O3S/c1-20-13(19)9-6-12(18)17(7-9)14-16-11(8-21-14)10-4-2-3-5-15-10/h2-5,8-9H,6-7H2,1H3. The molecular weight excluding hydrogens is 290 g/mol. The van der Waals surface area contributed by atoms with Gasteiger partial charge in [0.25, 0.3) is 0 Å². The number of carbonyl (C=O) groups is 2. The van der Waals surface area contributed by atoms with Gasteiger partial charge in [-0.25, -0.2) is 4.98 Å². The van der Waals surface area contributed by atoms with Crippen LogP contribution in [-0.2, 0) is 14.3 Å². The highest BCUT2D eigenvalue weighted by Crippen LogP contribution is 2.31. The van der Waals surface area contributed by atoms with Crippen LogP contribution in [0.5, 0.6) is 0 Å². The summed E-state index contributed by atoms with van der Waals surface area (Å²) in [5, 5.41) is 2.45. The molecule has 0 radical (unpaired) electrons. The number of pyridine rings is 1. The molecule has 1 aliphatic rings. The van der Waals surface area contributed by atoms with E-state index in [-0.39, 0.29) is 18.3 Å². The molecule has 1 saturated heterocycles. The third-order valence-corrected chi connectivity index (χ3v) is 4.17. The van der Waals surface area contributed by atoms with Crippen molar-refractivity contribution in [3.8, 4) is 11.4 Å². The molecule has 108 valence electrons. The summed E-state index contributed by atoms with van der Waals surface area (Å²) in [5.74, 6) is -0.871. The van der Waals surface area contributed by atoms with Gasteiger partial charge in [-0.05, 0) is 12.1 Å². The number of amides is 1. The minimum absolute atomic E-state index is 0.104. The molecule has 0 spiro atoms. The third kappa shape index (κ3) is 2.64. The van der Waals surface area contributed by atoms with Crippen molar-refractivity contribution in [2.24, 2.45) is 5.92 Å². The summed E-state index contributed by atoms with van der Waals surface area (Å²) < 4.78 is 4.70. The fourth-order valence-corrected chi connectivity index (χ4v) is 3.08. The first kappa shape index (κ1) is 13.7. The van der Waals surface area contributed by atoms with E-state index in [4.69, 9.17) is 4.74 Å². The molecule has 1 atom stereocenters. The zero-order chi connectivity index (χ0) is 14.8. The monoisotopic (exact) mass is 303 g/mol. The summed E-state index contributed by atoms with van der Waals surface area (Å²) >= 11 is 1.37. The van der Waals surface area contributed by atoms with E-state index >= 15 is 0 Å². The average molecular weight is 303 g/mol. The van der Waals surface area contributed by atoms with Gasteiger partial charge in [-0.3, -0.25) is 19.5 Å². The van der Waals surface area contributed by atoms with E-state index < -0.39 is 5.92 Å². The van der Waals surface area contributed by atoms with Gasteiger partial charge < -0.3 is 4.74 Å². The van der Waals surface area contributed by atoms with Crippen molar-refractivity contribution >= 4 is 28.3 Å². The van der Waals surface area contributed by atoms with Gasteiger partial charge in [0, 0.05) is 24.5 Å². The number of anilines is 1. The van der Waals surface area contributed by atoms with E-state index in [1.807, 2.05) is 23.6 Å². The molecule has 0 bridgehead atoms. The van der Waals surface area contributed by atoms with Gasteiger partial charge in [-0.15, -0.1) is 11.3 Å². The van der Waals surface area contributed by atoms with Crippen molar-refractivity contribution in [3.05, 3.63) is 29.8 Å². The fourth-order valence-electron chi connectivity index (χ4n) is 2.24. The number of methoxy groups -OCH3 is 1. The molecule has 0 saturated carbocycles. The molecule has 0 aliphatic carbocycles. The largest absolute Gasteiger partial charge is 0.469 e. The lowest BCUT2D eigenvalue weighted by Gasteiger charge is -2.11. The van der Waals surface area contributed by atoms with Gasteiger partial charge in [0.2, 0.25) is 5.91 Å². The highest BCUT2D eigenvalue weighted by molar-refractivity contribution is 7.14. The lowest BCUT2D eigenvalue weighted by molar-refractivity contribution is -0.145. The van der Waals surface area contributed by atoms with Crippen molar-refractivity contribution in [2.45, 2.75) is 6.42 Å². The van der Waals surface area contributed by atoms with E-state index in [1.165, 1.54) is 18.4 Å². The number of ether oxygens (including phenoxy) is 1. The Kier molecular flexibility index (Phi) is 3.66. The number of nitrogens with zero attached hydrogens (tertiary/aromatic N) is 3. The molecule has 1 fully saturated rings. The predicted molar refractivity (Wildman–Crippen MR) is 77.8 cm³/mol. The van der Waals surface area contributed by atoms with E-state index in [2.05, 4.69) is 9.97 Å². The second kappa shape index (κ2) is 5.61. The Hall–Kier alpha value is -2.28. The maximum atomic E-state index is 12.0. The molecule has 7 heteroatoms. The van der Waals surface area contributed by atoms with E-state index in [0.717, 1.165) is 11.4 Å². The van der Waals surface area contributed by atoms with Gasteiger partial charge in [0.15, 0.2) is 5.13 Å². The molecule has 3 rings (SSSR count). The van der Waals surface area contributed by atoms with Gasteiger partial charge in [-0.2, -0.15) is 0 Å². The lowest BCUT2D eigenvalue weighted by atomic mass is 10.1. The minimum Gasteiger partial charge on any atom is -0.469 e. The summed E-state index contributed by atoms with van der Waals surface area (Å²) in [5.41, 5.74) is 1.49. The second-order valence-electron chi connectivity index (χ2n) is 4.66. The van der Waals surface area contributed by atoms with Crippen LogP contribution in [0.25, 0.3) is 11.4 Å². The molecule has 2 aromatic heterocycles. The summed E-state index contributed by atoms with van der Waals surface area (Å²) in [4.78, 5) is 33.8. The predicted octanol–water partition coefficient (Wildman–Crippen LogP) is 1.73. The Balaban J connectivity index is 1.81. The Bertz CT molecular complexity index is 671. The number of thiazole rings is 1. The smallest absolute Gasteiger partial charge is 0.311 e. The first-order valence-electron chi connectivity index (χ1n) is 6.44. The van der Waals surface area contributed by atoms with Gasteiger partial charge in [0.05, 0.1) is 18.7 Å². The van der Waals surface area contributed by atoms with Gasteiger partial charge in [-0.1, -0.05) is 6.07 Å². The quantitative estimate of drug-likeness (QED) is 0.807. The van der Waals surface area contributed by atoms with E-state index in [0.29, 0.717) is 11.7 Å². The van der Waals surface area contributed by atoms with Crippen LogP contribution < -0.4 is 4.90 Å². The van der Waals surface area contributed by atoms with Crippen molar-refractivity contribution in [1.29, 1.82) is 0 Å². The van der Waals surface area contributed by atoms with Crippen molar-refractivity contribution in [2.75, 3.05) is 18.6 Å². The fraction of sp³-hybridized carbons (Fsp3) is 0.286.